The molecule has 0 bridgehead atoms. The van der Waals surface area contributed by atoms with Crippen molar-refractivity contribution < 1.29 is 29.1 Å². The molecule has 0 radical (unpaired) electrons. The maximum absolute atomic E-state index is 13.9. The number of anilines is 2. The fourth-order valence-electron chi connectivity index (χ4n) is 4.40. The van der Waals surface area contributed by atoms with Gasteiger partial charge in [0.2, 0.25) is 0 Å². The molecule has 1 N–H and O–H groups in total. The van der Waals surface area contributed by atoms with Crippen molar-refractivity contribution in [1.82, 2.24) is 0 Å². The molecule has 0 unspecified atom stereocenters. The Labute approximate surface area is 272 Å². The summed E-state index contributed by atoms with van der Waals surface area (Å²) in [6.45, 7) is 0. The number of fused-ring (bicyclic) bond motifs is 1. The van der Waals surface area contributed by atoms with Gasteiger partial charge >= 0.3 is 5.97 Å². The van der Waals surface area contributed by atoms with E-state index in [9.17, 15) is 29.1 Å². The van der Waals surface area contributed by atoms with E-state index < -0.39 is 29.6 Å². The van der Waals surface area contributed by atoms with Gasteiger partial charge in [0.1, 0.15) is 0 Å². The molecule has 0 fully saturated rings. The monoisotopic (exact) mass is 694 g/mol. The summed E-state index contributed by atoms with van der Waals surface area (Å²) in [5, 5.41) is 9.00. The zero-order valence-electron chi connectivity index (χ0n) is 21.0. The van der Waals surface area contributed by atoms with Crippen LogP contribution in [0.25, 0.3) is 0 Å². The average molecular weight is 697 g/mol. The molecule has 4 aromatic carbocycles. The molecule has 0 atom stereocenters. The van der Waals surface area contributed by atoms with Crippen molar-refractivity contribution in [3.8, 4) is 0 Å². The van der Waals surface area contributed by atoms with Gasteiger partial charge in [-0.3, -0.25) is 19.2 Å². The van der Waals surface area contributed by atoms with E-state index in [-0.39, 0.29) is 69.3 Å². The van der Waals surface area contributed by atoms with Crippen LogP contribution in [0.1, 0.15) is 51.8 Å². The van der Waals surface area contributed by atoms with Crippen LogP contribution in [0.2, 0.25) is 30.1 Å². The predicted octanol–water partition coefficient (Wildman–Crippen LogP) is 8.59. The average Bonchev–Trinajstić information content (AvgIpc) is 3.17. The maximum atomic E-state index is 13.9. The van der Waals surface area contributed by atoms with Gasteiger partial charge in [0.25, 0.3) is 23.6 Å². The minimum Gasteiger partial charge on any atom is -0.478 e. The predicted molar refractivity (Wildman–Crippen MR) is 165 cm³/mol. The quantitative estimate of drug-likeness (QED) is 0.209. The molecule has 0 aliphatic carbocycles. The summed E-state index contributed by atoms with van der Waals surface area (Å²) >= 11 is 37.2. The number of carbonyl (C=O) groups is 5. The summed E-state index contributed by atoms with van der Waals surface area (Å²) in [4.78, 5) is 66.9. The number of imide groups is 2. The Hall–Kier alpha value is -3.63. The molecule has 0 saturated carbocycles. The molecule has 5 rings (SSSR count). The number of carboxylic acid groups (broad SMARTS) is 1. The summed E-state index contributed by atoms with van der Waals surface area (Å²) in [6, 6.07) is 13.9. The molecule has 14 heteroatoms. The molecule has 0 aromatic heterocycles. The van der Waals surface area contributed by atoms with Crippen LogP contribution in [0.3, 0.4) is 0 Å². The Morgan fingerprint density at radius 1 is 0.605 bits per heavy atom. The Morgan fingerprint density at radius 2 is 1.05 bits per heavy atom. The normalized spacial score (nSPS) is 12.4. The molecule has 1 heterocycles. The van der Waals surface area contributed by atoms with E-state index in [4.69, 9.17) is 69.6 Å². The SMILES string of the molecule is O=C(O)c1ccc2c(c1)C(=O)N(c1ccc(N(C(=O)c3c(Cl)cc(Cl)cc3Cl)C(=O)c3c(Cl)cc(Cl)cc3Cl)cc1)C2=O. The van der Waals surface area contributed by atoms with Gasteiger partial charge in [-0.25, -0.2) is 14.6 Å². The second-order valence-electron chi connectivity index (χ2n) is 8.96. The number of hydrogen-bond donors (Lipinski definition) is 1. The van der Waals surface area contributed by atoms with Crippen molar-refractivity contribution in [2.24, 2.45) is 0 Å². The largest absolute Gasteiger partial charge is 0.478 e. The van der Waals surface area contributed by atoms with Crippen molar-refractivity contribution >= 4 is 111 Å². The lowest BCUT2D eigenvalue weighted by molar-refractivity contribution is 0.0695. The number of carboxylic acids is 1. The number of aromatic carboxylic acids is 1. The van der Waals surface area contributed by atoms with Gasteiger partial charge in [-0.1, -0.05) is 69.6 Å². The highest BCUT2D eigenvalue weighted by Crippen LogP contribution is 2.36. The first-order valence-corrected chi connectivity index (χ1v) is 14.1. The van der Waals surface area contributed by atoms with Crippen molar-refractivity contribution in [1.29, 1.82) is 0 Å². The van der Waals surface area contributed by atoms with Crippen LogP contribution in [0.15, 0.2) is 66.7 Å². The molecule has 4 amide bonds. The summed E-state index contributed by atoms with van der Waals surface area (Å²) in [5.41, 5.74) is -0.680. The highest BCUT2D eigenvalue weighted by molar-refractivity contribution is 6.47. The van der Waals surface area contributed by atoms with E-state index in [1.165, 1.54) is 60.7 Å². The zero-order valence-corrected chi connectivity index (χ0v) is 25.5. The number of hydrogen-bond acceptors (Lipinski definition) is 5. The number of benzene rings is 4. The molecule has 43 heavy (non-hydrogen) atoms. The fraction of sp³-hybridized carbons (Fsp3) is 0. The number of nitrogens with zero attached hydrogens (tertiary/aromatic N) is 2. The van der Waals surface area contributed by atoms with Gasteiger partial charge in [0.15, 0.2) is 0 Å². The molecule has 1 aliphatic rings. The minimum absolute atomic E-state index is 0.0186. The first kappa shape index (κ1) is 30.8. The molecule has 4 aromatic rings. The third-order valence-corrected chi connectivity index (χ3v) is 7.98. The Kier molecular flexibility index (Phi) is 8.46. The van der Waals surface area contributed by atoms with Crippen LogP contribution < -0.4 is 9.80 Å². The van der Waals surface area contributed by atoms with Crippen molar-refractivity contribution in [2.75, 3.05) is 9.80 Å². The Balaban J connectivity index is 1.59. The highest BCUT2D eigenvalue weighted by Gasteiger charge is 2.38. The van der Waals surface area contributed by atoms with E-state index in [1.54, 1.807) is 0 Å². The van der Waals surface area contributed by atoms with Gasteiger partial charge in [0.05, 0.1) is 59.3 Å². The number of halogens is 6. The number of amides is 4. The Morgan fingerprint density at radius 3 is 1.49 bits per heavy atom. The Bertz CT molecular complexity index is 1790. The van der Waals surface area contributed by atoms with Crippen LogP contribution in [-0.2, 0) is 0 Å². The van der Waals surface area contributed by atoms with Crippen LogP contribution in [0.5, 0.6) is 0 Å². The first-order chi connectivity index (χ1) is 20.3. The van der Waals surface area contributed by atoms with E-state index in [0.717, 1.165) is 11.0 Å². The zero-order chi connectivity index (χ0) is 31.3. The van der Waals surface area contributed by atoms with E-state index in [1.807, 2.05) is 0 Å². The lowest BCUT2D eigenvalue weighted by atomic mass is 10.1. The van der Waals surface area contributed by atoms with Gasteiger partial charge in [-0.2, -0.15) is 0 Å². The van der Waals surface area contributed by atoms with Gasteiger partial charge in [0, 0.05) is 10.0 Å². The number of carbonyl (C=O) groups excluding carboxylic acids is 4. The lowest BCUT2D eigenvalue weighted by Gasteiger charge is -2.24. The van der Waals surface area contributed by atoms with Gasteiger partial charge < -0.3 is 5.11 Å². The van der Waals surface area contributed by atoms with Crippen LogP contribution >= 0.6 is 69.6 Å². The molecular weight excluding hydrogens is 685 g/mol. The molecule has 216 valence electrons. The fourth-order valence-corrected chi connectivity index (χ4v) is 6.36. The van der Waals surface area contributed by atoms with E-state index >= 15 is 0 Å². The molecule has 0 saturated heterocycles. The topological polar surface area (TPSA) is 112 Å². The summed E-state index contributed by atoms with van der Waals surface area (Å²) in [7, 11) is 0. The molecule has 0 spiro atoms. The second kappa shape index (κ2) is 11.8. The third kappa shape index (κ3) is 5.58. The smallest absolute Gasteiger partial charge is 0.335 e. The minimum atomic E-state index is -1.26. The first-order valence-electron chi connectivity index (χ1n) is 11.8. The van der Waals surface area contributed by atoms with E-state index in [2.05, 4.69) is 0 Å². The van der Waals surface area contributed by atoms with Crippen LogP contribution in [0.4, 0.5) is 11.4 Å². The summed E-state index contributed by atoms with van der Waals surface area (Å²) < 4.78 is 0. The van der Waals surface area contributed by atoms with Gasteiger partial charge in [-0.05, 0) is 66.7 Å². The van der Waals surface area contributed by atoms with Crippen molar-refractivity contribution in [3.63, 3.8) is 0 Å². The molecule has 1 aliphatic heterocycles. The summed E-state index contributed by atoms with van der Waals surface area (Å²) in [5.74, 6) is -4.63. The maximum Gasteiger partial charge on any atom is 0.335 e. The second-order valence-corrected chi connectivity index (χ2v) is 11.5. The van der Waals surface area contributed by atoms with E-state index in [0.29, 0.717) is 4.90 Å². The lowest BCUT2D eigenvalue weighted by Crippen LogP contribution is -2.38. The molecular formula is C29H12Cl6N2O6. The van der Waals surface area contributed by atoms with Crippen LogP contribution in [-0.4, -0.2) is 34.7 Å². The summed E-state index contributed by atoms with van der Waals surface area (Å²) in [6.07, 6.45) is 0. The van der Waals surface area contributed by atoms with Crippen LogP contribution in [0, 0.1) is 0 Å². The van der Waals surface area contributed by atoms with Gasteiger partial charge in [-0.15, -0.1) is 0 Å². The molecule has 8 nitrogen and oxygen atoms in total. The van der Waals surface area contributed by atoms with Crippen molar-refractivity contribution in [2.45, 2.75) is 0 Å². The standard InChI is InChI=1S/C29H12Cl6N2O6/c30-13-8-19(32)23(20(33)9-13)27(40)37(28(41)24-21(34)10-14(31)11-22(24)35)16-4-2-15(3-5-16)36-25(38)17-6-1-12(29(42)43)7-18(17)26(36)39/h1-11H,(H,42,43). The van der Waals surface area contributed by atoms with Crippen molar-refractivity contribution in [3.05, 3.63) is 125 Å². The highest BCUT2D eigenvalue weighted by atomic mass is 35.5. The third-order valence-electron chi connectivity index (χ3n) is 6.35. The number of rotatable bonds is 5.